The number of benzene rings is 2. The average Bonchev–Trinajstić information content (AvgIpc) is 2.64. The van der Waals surface area contributed by atoms with Gasteiger partial charge in [-0.15, -0.1) is 0 Å². The molecule has 26 heavy (non-hydrogen) atoms. The van der Waals surface area contributed by atoms with Gasteiger partial charge in [-0.2, -0.15) is 5.10 Å². The third-order valence-corrected chi connectivity index (χ3v) is 4.15. The highest BCUT2D eigenvalue weighted by atomic mass is 16.5. The van der Waals surface area contributed by atoms with E-state index in [1.54, 1.807) is 25.3 Å². The second-order valence-electron chi connectivity index (χ2n) is 7.03. The lowest BCUT2D eigenvalue weighted by Gasteiger charge is -2.19. The van der Waals surface area contributed by atoms with E-state index in [0.717, 1.165) is 11.3 Å². The van der Waals surface area contributed by atoms with Crippen molar-refractivity contribution >= 4 is 11.6 Å². The van der Waals surface area contributed by atoms with Gasteiger partial charge in [-0.3, -0.25) is 4.79 Å². The van der Waals surface area contributed by atoms with Crippen molar-refractivity contribution in [3.63, 3.8) is 0 Å². The van der Waals surface area contributed by atoms with E-state index in [-0.39, 0.29) is 11.3 Å². The number of carbonyl (C=O) groups excluding carboxylic acids is 1. The van der Waals surface area contributed by atoms with Gasteiger partial charge in [-0.25, -0.2) is 5.43 Å². The Hall–Kier alpha value is -2.82. The summed E-state index contributed by atoms with van der Waals surface area (Å²) in [4.78, 5) is 12.4. The summed E-state index contributed by atoms with van der Waals surface area (Å²) < 4.78 is 10.4. The predicted octanol–water partition coefficient (Wildman–Crippen LogP) is 4.16. The predicted molar refractivity (Wildman–Crippen MR) is 104 cm³/mol. The highest BCUT2D eigenvalue weighted by molar-refractivity contribution is 6.01. The highest BCUT2D eigenvalue weighted by Crippen LogP contribution is 2.24. The Morgan fingerprint density at radius 3 is 2.19 bits per heavy atom. The average molecular weight is 354 g/mol. The molecule has 2 aromatic rings. The first-order chi connectivity index (χ1) is 12.3. The number of hydrazone groups is 1. The molecule has 0 heterocycles. The fraction of sp³-hybridized carbons (Fsp3) is 0.333. The third kappa shape index (κ3) is 4.63. The maximum absolute atomic E-state index is 12.4. The molecule has 5 heteroatoms. The lowest BCUT2D eigenvalue weighted by molar-refractivity contribution is 0.0951. The molecule has 0 bridgehead atoms. The molecule has 0 aliphatic carbocycles. The Kier molecular flexibility index (Phi) is 6.03. The number of nitrogens with one attached hydrogen (secondary N) is 1. The molecular weight excluding hydrogens is 328 g/mol. The van der Waals surface area contributed by atoms with Crippen LogP contribution in [0.15, 0.2) is 47.6 Å². The first-order valence-corrected chi connectivity index (χ1v) is 8.44. The van der Waals surface area contributed by atoms with Gasteiger partial charge in [0, 0.05) is 6.07 Å². The molecule has 2 rings (SSSR count). The molecule has 0 aliphatic rings. The van der Waals surface area contributed by atoms with Gasteiger partial charge in [0.15, 0.2) is 0 Å². The molecule has 0 aliphatic heterocycles. The van der Waals surface area contributed by atoms with Crippen molar-refractivity contribution in [2.45, 2.75) is 33.1 Å². The van der Waals surface area contributed by atoms with Crippen LogP contribution in [0.2, 0.25) is 0 Å². The number of amides is 1. The van der Waals surface area contributed by atoms with E-state index in [2.05, 4.69) is 43.4 Å². The monoisotopic (exact) mass is 354 g/mol. The molecule has 1 N–H and O–H groups in total. The topological polar surface area (TPSA) is 59.9 Å². The summed E-state index contributed by atoms with van der Waals surface area (Å²) in [5.41, 5.74) is 6.02. The van der Waals surface area contributed by atoms with Gasteiger partial charge in [0.05, 0.1) is 25.5 Å². The van der Waals surface area contributed by atoms with Crippen LogP contribution in [0.1, 0.15) is 49.2 Å². The second kappa shape index (κ2) is 8.04. The Morgan fingerprint density at radius 1 is 1.00 bits per heavy atom. The maximum Gasteiger partial charge on any atom is 0.275 e. The van der Waals surface area contributed by atoms with Crippen LogP contribution in [-0.2, 0) is 5.41 Å². The first kappa shape index (κ1) is 19.5. The van der Waals surface area contributed by atoms with Gasteiger partial charge >= 0.3 is 0 Å². The van der Waals surface area contributed by atoms with Crippen LogP contribution >= 0.6 is 0 Å². The summed E-state index contributed by atoms with van der Waals surface area (Å²) >= 11 is 0. The van der Waals surface area contributed by atoms with Gasteiger partial charge in [-0.05, 0) is 35.6 Å². The van der Waals surface area contributed by atoms with Gasteiger partial charge in [0.2, 0.25) is 0 Å². The molecule has 0 saturated heterocycles. The molecule has 5 nitrogen and oxygen atoms in total. The molecule has 0 fully saturated rings. The van der Waals surface area contributed by atoms with E-state index >= 15 is 0 Å². The van der Waals surface area contributed by atoms with Crippen molar-refractivity contribution in [1.82, 2.24) is 5.43 Å². The third-order valence-electron chi connectivity index (χ3n) is 4.15. The smallest absolute Gasteiger partial charge is 0.275 e. The Bertz CT molecular complexity index is 803. The second-order valence-corrected chi connectivity index (χ2v) is 7.03. The van der Waals surface area contributed by atoms with Crippen molar-refractivity contribution in [1.29, 1.82) is 0 Å². The van der Waals surface area contributed by atoms with Crippen molar-refractivity contribution in [2.75, 3.05) is 14.2 Å². The molecule has 0 spiro atoms. The van der Waals surface area contributed by atoms with E-state index in [4.69, 9.17) is 9.47 Å². The Balaban J connectivity index is 2.14. The number of hydrogen-bond acceptors (Lipinski definition) is 4. The van der Waals surface area contributed by atoms with E-state index in [1.807, 2.05) is 19.1 Å². The number of ether oxygens (including phenoxy) is 2. The van der Waals surface area contributed by atoms with E-state index < -0.39 is 0 Å². The van der Waals surface area contributed by atoms with Crippen molar-refractivity contribution < 1.29 is 14.3 Å². The maximum atomic E-state index is 12.4. The largest absolute Gasteiger partial charge is 0.497 e. The van der Waals surface area contributed by atoms with Crippen LogP contribution in [0.3, 0.4) is 0 Å². The van der Waals surface area contributed by atoms with Gasteiger partial charge in [0.1, 0.15) is 11.5 Å². The minimum atomic E-state index is -0.338. The highest BCUT2D eigenvalue weighted by Gasteiger charge is 2.14. The molecule has 0 saturated carbocycles. The number of nitrogens with zero attached hydrogens (tertiary/aromatic N) is 1. The number of methoxy groups -OCH3 is 2. The summed E-state index contributed by atoms with van der Waals surface area (Å²) in [7, 11) is 3.07. The van der Waals surface area contributed by atoms with Gasteiger partial charge in [0.25, 0.3) is 5.91 Å². The molecule has 2 aromatic carbocycles. The summed E-state index contributed by atoms with van der Waals surface area (Å²) in [5, 5.41) is 4.21. The standard InChI is InChI=1S/C21H26N2O3/c1-14(15-7-9-16(10-8-15)21(2,3)4)22-23-20(24)18-12-11-17(25-5)13-19(18)26-6/h7-13H,1-6H3,(H,23,24)/b22-14-. The molecule has 1 amide bonds. The molecule has 138 valence electrons. The summed E-state index contributed by atoms with van der Waals surface area (Å²) in [5.74, 6) is 0.719. The van der Waals surface area contributed by atoms with Crippen molar-refractivity contribution in [2.24, 2.45) is 5.10 Å². The lowest BCUT2D eigenvalue weighted by atomic mass is 9.86. The normalized spacial score (nSPS) is 11.8. The lowest BCUT2D eigenvalue weighted by Crippen LogP contribution is -2.20. The van der Waals surface area contributed by atoms with Gasteiger partial charge in [-0.1, -0.05) is 45.0 Å². The first-order valence-electron chi connectivity index (χ1n) is 8.44. The summed E-state index contributed by atoms with van der Waals surface area (Å²) in [6, 6.07) is 13.2. The number of rotatable bonds is 5. The van der Waals surface area contributed by atoms with Crippen molar-refractivity contribution in [3.05, 3.63) is 59.2 Å². The van der Waals surface area contributed by atoms with E-state index in [9.17, 15) is 4.79 Å². The number of hydrogen-bond donors (Lipinski definition) is 1. The molecule has 0 unspecified atom stereocenters. The zero-order chi connectivity index (χ0) is 19.3. The Morgan fingerprint density at radius 2 is 1.65 bits per heavy atom. The minimum absolute atomic E-state index is 0.0999. The molecule has 0 aromatic heterocycles. The van der Waals surface area contributed by atoms with Crippen LogP contribution in [0.5, 0.6) is 11.5 Å². The Labute approximate surface area is 155 Å². The molecular formula is C21H26N2O3. The van der Waals surface area contributed by atoms with Crippen LogP contribution in [0.4, 0.5) is 0 Å². The van der Waals surface area contributed by atoms with E-state index in [1.165, 1.54) is 12.7 Å². The minimum Gasteiger partial charge on any atom is -0.497 e. The van der Waals surface area contributed by atoms with Crippen LogP contribution < -0.4 is 14.9 Å². The molecule has 0 atom stereocenters. The summed E-state index contributed by atoms with van der Waals surface area (Å²) in [6.45, 7) is 8.37. The summed E-state index contributed by atoms with van der Waals surface area (Å²) in [6.07, 6.45) is 0. The van der Waals surface area contributed by atoms with Gasteiger partial charge < -0.3 is 9.47 Å². The van der Waals surface area contributed by atoms with E-state index in [0.29, 0.717) is 17.1 Å². The van der Waals surface area contributed by atoms with Crippen LogP contribution in [0, 0.1) is 0 Å². The quantitative estimate of drug-likeness (QED) is 0.648. The fourth-order valence-corrected chi connectivity index (χ4v) is 2.46. The van der Waals surface area contributed by atoms with Crippen LogP contribution in [0.25, 0.3) is 0 Å². The number of carbonyl (C=O) groups is 1. The zero-order valence-corrected chi connectivity index (χ0v) is 16.2. The fourth-order valence-electron chi connectivity index (χ4n) is 2.46. The zero-order valence-electron chi connectivity index (χ0n) is 16.2. The SMILES string of the molecule is COc1ccc(C(=O)N/N=C(/C)c2ccc(C(C)(C)C)cc2)c(OC)c1. The molecule has 0 radical (unpaired) electrons. The van der Waals surface area contributed by atoms with Crippen LogP contribution in [-0.4, -0.2) is 25.8 Å². The van der Waals surface area contributed by atoms with Crippen molar-refractivity contribution in [3.8, 4) is 11.5 Å².